The van der Waals surface area contributed by atoms with Gasteiger partial charge in [-0.1, -0.05) is 41.9 Å². The molecule has 0 bridgehead atoms. The molecule has 2 rings (SSSR count). The van der Waals surface area contributed by atoms with E-state index in [-0.39, 0.29) is 23.9 Å². The Morgan fingerprint density at radius 3 is 2.29 bits per heavy atom. The van der Waals surface area contributed by atoms with Crippen molar-refractivity contribution in [2.45, 2.75) is 17.7 Å². The fourth-order valence-electron chi connectivity index (χ4n) is 2.08. The van der Waals surface area contributed by atoms with Crippen LogP contribution in [0.4, 0.5) is 0 Å². The number of halogens is 1. The van der Waals surface area contributed by atoms with Crippen LogP contribution < -0.4 is 10.0 Å². The molecule has 0 unspecified atom stereocenters. The van der Waals surface area contributed by atoms with E-state index in [0.717, 1.165) is 5.56 Å². The van der Waals surface area contributed by atoms with Crippen LogP contribution in [0.3, 0.4) is 0 Å². The zero-order chi connectivity index (χ0) is 17.4. The van der Waals surface area contributed by atoms with E-state index in [9.17, 15) is 13.2 Å². The Labute approximate surface area is 147 Å². The highest BCUT2D eigenvalue weighted by Gasteiger charge is 2.13. The molecule has 0 atom stereocenters. The zero-order valence-corrected chi connectivity index (χ0v) is 14.6. The summed E-state index contributed by atoms with van der Waals surface area (Å²) in [7, 11) is -3.59. The predicted molar refractivity (Wildman–Crippen MR) is 94.4 cm³/mol. The Morgan fingerprint density at radius 2 is 1.62 bits per heavy atom. The van der Waals surface area contributed by atoms with Crippen LogP contribution in [-0.4, -0.2) is 27.4 Å². The largest absolute Gasteiger partial charge is 0.355 e. The fourth-order valence-corrected chi connectivity index (χ4v) is 3.23. The number of carbonyl (C=O) groups excluding carboxylic acids is 1. The molecule has 5 nitrogen and oxygen atoms in total. The second-order valence-electron chi connectivity index (χ2n) is 5.19. The molecule has 0 aliphatic heterocycles. The molecule has 0 aliphatic rings. The van der Waals surface area contributed by atoms with Crippen molar-refractivity contribution in [2.75, 3.05) is 13.1 Å². The standard InChI is InChI=1S/C17H19ClN2O3S/c18-15-7-9-16(10-8-15)24(22,23)20-13-12-19-17(21)11-6-14-4-2-1-3-5-14/h1-5,7-10,20H,6,11-13H2,(H,19,21). The normalized spacial score (nSPS) is 11.2. The van der Waals surface area contributed by atoms with Crippen molar-refractivity contribution in [1.29, 1.82) is 0 Å². The van der Waals surface area contributed by atoms with Crippen molar-refractivity contribution in [1.82, 2.24) is 10.0 Å². The van der Waals surface area contributed by atoms with Gasteiger partial charge in [0, 0.05) is 24.5 Å². The highest BCUT2D eigenvalue weighted by molar-refractivity contribution is 7.89. The molecule has 0 aliphatic carbocycles. The SMILES string of the molecule is O=C(CCc1ccccc1)NCCNS(=O)(=O)c1ccc(Cl)cc1. The first-order chi connectivity index (χ1) is 11.5. The molecular weight excluding hydrogens is 348 g/mol. The Bertz CT molecular complexity index is 762. The molecule has 0 saturated heterocycles. The molecule has 7 heteroatoms. The molecule has 24 heavy (non-hydrogen) atoms. The summed E-state index contributed by atoms with van der Waals surface area (Å²) in [6.07, 6.45) is 1.02. The average molecular weight is 367 g/mol. The van der Waals surface area contributed by atoms with Gasteiger partial charge in [-0.25, -0.2) is 13.1 Å². The second kappa shape index (κ2) is 8.82. The van der Waals surface area contributed by atoms with Crippen molar-refractivity contribution < 1.29 is 13.2 Å². The van der Waals surface area contributed by atoms with E-state index in [0.29, 0.717) is 17.9 Å². The van der Waals surface area contributed by atoms with Gasteiger partial charge in [0.2, 0.25) is 15.9 Å². The summed E-state index contributed by atoms with van der Waals surface area (Å²) in [5.74, 6) is -0.107. The van der Waals surface area contributed by atoms with Gasteiger partial charge in [-0.15, -0.1) is 0 Å². The number of nitrogens with one attached hydrogen (secondary N) is 2. The Balaban J connectivity index is 1.70. The third kappa shape index (κ3) is 5.96. The van der Waals surface area contributed by atoms with Gasteiger partial charge in [0.1, 0.15) is 0 Å². The van der Waals surface area contributed by atoms with Crippen LogP contribution in [-0.2, 0) is 21.2 Å². The summed E-state index contributed by atoms with van der Waals surface area (Å²) in [6.45, 7) is 0.364. The second-order valence-corrected chi connectivity index (χ2v) is 7.39. The molecule has 0 fully saturated rings. The number of benzene rings is 2. The summed E-state index contributed by atoms with van der Waals surface area (Å²) >= 11 is 5.73. The third-order valence-corrected chi connectivity index (χ3v) is 5.08. The lowest BCUT2D eigenvalue weighted by molar-refractivity contribution is -0.121. The number of rotatable bonds is 8. The number of aryl methyl sites for hydroxylation is 1. The van der Waals surface area contributed by atoms with Crippen LogP contribution >= 0.6 is 11.6 Å². The number of carbonyl (C=O) groups is 1. The maximum absolute atomic E-state index is 12.0. The molecule has 0 spiro atoms. The van der Waals surface area contributed by atoms with E-state index in [1.54, 1.807) is 0 Å². The topological polar surface area (TPSA) is 75.3 Å². The van der Waals surface area contributed by atoms with Gasteiger partial charge >= 0.3 is 0 Å². The minimum Gasteiger partial charge on any atom is -0.355 e. The number of hydrogen-bond acceptors (Lipinski definition) is 3. The molecule has 2 aromatic carbocycles. The van der Waals surface area contributed by atoms with Gasteiger partial charge in [-0.2, -0.15) is 0 Å². The van der Waals surface area contributed by atoms with Crippen molar-refractivity contribution in [3.63, 3.8) is 0 Å². The van der Waals surface area contributed by atoms with Crippen molar-refractivity contribution >= 4 is 27.5 Å². The molecule has 2 aromatic rings. The van der Waals surface area contributed by atoms with Gasteiger partial charge in [-0.05, 0) is 36.2 Å². The van der Waals surface area contributed by atoms with E-state index in [1.807, 2.05) is 30.3 Å². The predicted octanol–water partition coefficient (Wildman–Crippen LogP) is 2.37. The summed E-state index contributed by atoms with van der Waals surface area (Å²) in [4.78, 5) is 11.9. The van der Waals surface area contributed by atoms with E-state index < -0.39 is 10.0 Å². The number of amides is 1. The van der Waals surface area contributed by atoms with Gasteiger partial charge < -0.3 is 5.32 Å². The fraction of sp³-hybridized carbons (Fsp3) is 0.235. The van der Waals surface area contributed by atoms with Crippen LogP contribution in [0.5, 0.6) is 0 Å². The molecule has 128 valence electrons. The van der Waals surface area contributed by atoms with Gasteiger partial charge in [0.15, 0.2) is 0 Å². The highest BCUT2D eigenvalue weighted by Crippen LogP contribution is 2.13. The lowest BCUT2D eigenvalue weighted by Crippen LogP contribution is -2.34. The molecule has 1 amide bonds. The number of sulfonamides is 1. The van der Waals surface area contributed by atoms with Gasteiger partial charge in [-0.3, -0.25) is 4.79 Å². The maximum Gasteiger partial charge on any atom is 0.240 e. The Morgan fingerprint density at radius 1 is 0.958 bits per heavy atom. The van der Waals surface area contributed by atoms with Gasteiger partial charge in [0.25, 0.3) is 0 Å². The maximum atomic E-state index is 12.0. The first kappa shape index (κ1) is 18.4. The average Bonchev–Trinajstić information content (AvgIpc) is 2.58. The van der Waals surface area contributed by atoms with Crippen LogP contribution in [0.15, 0.2) is 59.5 Å². The van der Waals surface area contributed by atoms with Crippen LogP contribution in [0.1, 0.15) is 12.0 Å². The molecule has 0 aromatic heterocycles. The lowest BCUT2D eigenvalue weighted by Gasteiger charge is -2.08. The van der Waals surface area contributed by atoms with Crippen molar-refractivity contribution in [3.05, 3.63) is 65.2 Å². The zero-order valence-electron chi connectivity index (χ0n) is 13.0. The summed E-state index contributed by atoms with van der Waals surface area (Å²) < 4.78 is 26.5. The molecule has 0 saturated carbocycles. The molecule has 2 N–H and O–H groups in total. The van der Waals surface area contributed by atoms with E-state index in [4.69, 9.17) is 11.6 Å². The summed E-state index contributed by atoms with van der Waals surface area (Å²) in [5.41, 5.74) is 1.09. The molecule has 0 heterocycles. The highest BCUT2D eigenvalue weighted by atomic mass is 35.5. The Kier molecular flexibility index (Phi) is 6.78. The first-order valence-corrected chi connectivity index (χ1v) is 9.39. The Hall–Kier alpha value is -1.89. The number of hydrogen-bond donors (Lipinski definition) is 2. The van der Waals surface area contributed by atoms with Crippen molar-refractivity contribution in [3.8, 4) is 0 Å². The summed E-state index contributed by atoms with van der Waals surface area (Å²) in [6, 6.07) is 15.6. The smallest absolute Gasteiger partial charge is 0.240 e. The van der Waals surface area contributed by atoms with E-state index >= 15 is 0 Å². The quantitative estimate of drug-likeness (QED) is 0.704. The minimum absolute atomic E-state index is 0.107. The van der Waals surface area contributed by atoms with E-state index in [1.165, 1.54) is 24.3 Å². The minimum atomic E-state index is -3.59. The van der Waals surface area contributed by atoms with Gasteiger partial charge in [0.05, 0.1) is 4.90 Å². The lowest BCUT2D eigenvalue weighted by atomic mass is 10.1. The first-order valence-electron chi connectivity index (χ1n) is 7.53. The van der Waals surface area contributed by atoms with Crippen LogP contribution in [0.2, 0.25) is 5.02 Å². The molecule has 0 radical (unpaired) electrons. The third-order valence-electron chi connectivity index (χ3n) is 3.35. The van der Waals surface area contributed by atoms with Crippen LogP contribution in [0, 0.1) is 0 Å². The van der Waals surface area contributed by atoms with E-state index in [2.05, 4.69) is 10.0 Å². The van der Waals surface area contributed by atoms with Crippen molar-refractivity contribution in [2.24, 2.45) is 0 Å². The molecular formula is C17H19ClN2O3S. The monoisotopic (exact) mass is 366 g/mol. The van der Waals surface area contributed by atoms with Crippen LogP contribution in [0.25, 0.3) is 0 Å². The summed E-state index contributed by atoms with van der Waals surface area (Å²) in [5, 5.41) is 3.17.